The zero-order valence-electron chi connectivity index (χ0n) is 18.6. The first-order valence-corrected chi connectivity index (χ1v) is 10.4. The minimum absolute atomic E-state index is 0. The number of piperidine rings is 1. The van der Waals surface area contributed by atoms with Crippen molar-refractivity contribution in [1.82, 2.24) is 14.9 Å². The summed E-state index contributed by atoms with van der Waals surface area (Å²) >= 11 is 0. The van der Waals surface area contributed by atoms with Gasteiger partial charge in [-0.3, -0.25) is 14.8 Å². The fourth-order valence-electron chi connectivity index (χ4n) is 3.93. The predicted molar refractivity (Wildman–Crippen MR) is 147 cm³/mol. The van der Waals surface area contributed by atoms with E-state index in [9.17, 15) is 4.79 Å². The van der Waals surface area contributed by atoms with Gasteiger partial charge in [-0.1, -0.05) is 24.3 Å². The van der Waals surface area contributed by atoms with Gasteiger partial charge in [-0.15, -0.1) is 49.6 Å². The van der Waals surface area contributed by atoms with Crippen LogP contribution in [0, 0.1) is 0 Å². The molecule has 34 heavy (non-hydrogen) atoms. The number of pyridine rings is 2. The number of nitrogens with one attached hydrogen (secondary N) is 1. The Balaban J connectivity index is 0.00000272. The maximum Gasteiger partial charge on any atom is 0.255 e. The number of carbonyl (C=O) groups excluding carboxylic acids is 1. The third-order valence-corrected chi connectivity index (χ3v) is 5.67. The van der Waals surface area contributed by atoms with Crippen molar-refractivity contribution in [2.24, 2.45) is 5.73 Å². The van der Waals surface area contributed by atoms with Crippen LogP contribution in [0.15, 0.2) is 67.3 Å². The standard InChI is InChI=1S/C24H27N5O.4ClH/c25-14-19-2-1-3-21(12-19)20-6-10-29(11-7-20)24(30)22-13-23(17-27-16-22)28-15-18-4-8-26-9-5-18;;;;/h1-5,8-9,12-13,16-17,20,28H,6-7,10-11,14-15,25H2;4*1H. The summed E-state index contributed by atoms with van der Waals surface area (Å²) in [7, 11) is 0. The molecule has 10 heteroatoms. The highest BCUT2D eigenvalue weighted by molar-refractivity contribution is 5.94. The van der Waals surface area contributed by atoms with Crippen LogP contribution in [0.2, 0.25) is 0 Å². The summed E-state index contributed by atoms with van der Waals surface area (Å²) in [5, 5.41) is 3.33. The number of anilines is 1. The molecule has 1 aliphatic rings. The summed E-state index contributed by atoms with van der Waals surface area (Å²) in [6, 6.07) is 14.3. The minimum Gasteiger partial charge on any atom is -0.380 e. The number of nitrogens with zero attached hydrogens (tertiary/aromatic N) is 3. The Bertz CT molecular complexity index is 1000. The molecule has 186 valence electrons. The van der Waals surface area contributed by atoms with Gasteiger partial charge in [0.05, 0.1) is 11.3 Å². The number of likely N-dealkylation sites (tertiary alicyclic amines) is 1. The van der Waals surface area contributed by atoms with E-state index in [4.69, 9.17) is 5.73 Å². The van der Waals surface area contributed by atoms with Crippen LogP contribution in [0.3, 0.4) is 0 Å². The number of benzene rings is 1. The summed E-state index contributed by atoms with van der Waals surface area (Å²) in [6.07, 6.45) is 8.86. The average Bonchev–Trinajstić information content (AvgIpc) is 2.83. The first-order chi connectivity index (χ1) is 14.7. The molecular formula is C24H31Cl4N5O. The van der Waals surface area contributed by atoms with E-state index >= 15 is 0 Å². The molecule has 1 fully saturated rings. The van der Waals surface area contributed by atoms with Gasteiger partial charge in [0, 0.05) is 51.0 Å². The zero-order valence-corrected chi connectivity index (χ0v) is 21.9. The summed E-state index contributed by atoms with van der Waals surface area (Å²) in [5.41, 5.74) is 10.9. The Morgan fingerprint density at radius 2 is 1.65 bits per heavy atom. The van der Waals surface area contributed by atoms with E-state index < -0.39 is 0 Å². The number of aromatic nitrogens is 2. The summed E-state index contributed by atoms with van der Waals surface area (Å²) < 4.78 is 0. The monoisotopic (exact) mass is 545 g/mol. The second-order valence-corrected chi connectivity index (χ2v) is 7.69. The second kappa shape index (κ2) is 15.7. The molecule has 0 atom stereocenters. The largest absolute Gasteiger partial charge is 0.380 e. The lowest BCUT2D eigenvalue weighted by atomic mass is 9.88. The number of hydrogen-bond donors (Lipinski definition) is 2. The number of hydrogen-bond acceptors (Lipinski definition) is 5. The SMILES string of the molecule is Cl.Cl.Cl.Cl.NCc1cccc(C2CCN(C(=O)c3cncc(NCc4ccncc4)c3)CC2)c1. The van der Waals surface area contributed by atoms with E-state index in [1.807, 2.05) is 23.1 Å². The van der Waals surface area contributed by atoms with Crippen LogP contribution in [0.25, 0.3) is 0 Å². The van der Waals surface area contributed by atoms with Crippen molar-refractivity contribution in [2.45, 2.75) is 31.8 Å². The number of halogens is 4. The summed E-state index contributed by atoms with van der Waals surface area (Å²) in [5.74, 6) is 0.524. The van der Waals surface area contributed by atoms with E-state index in [2.05, 4.69) is 39.6 Å². The first kappa shape index (κ1) is 31.9. The molecule has 0 aliphatic carbocycles. The lowest BCUT2D eigenvalue weighted by Crippen LogP contribution is -2.38. The molecule has 1 saturated heterocycles. The van der Waals surface area contributed by atoms with E-state index in [1.165, 1.54) is 5.56 Å². The van der Waals surface area contributed by atoms with Crippen LogP contribution in [-0.2, 0) is 13.1 Å². The molecule has 4 rings (SSSR count). The molecular weight excluding hydrogens is 516 g/mol. The van der Waals surface area contributed by atoms with Crippen molar-refractivity contribution in [2.75, 3.05) is 18.4 Å². The highest BCUT2D eigenvalue weighted by atomic mass is 35.5. The van der Waals surface area contributed by atoms with Crippen molar-refractivity contribution in [3.8, 4) is 0 Å². The smallest absolute Gasteiger partial charge is 0.255 e. The Hall–Kier alpha value is -2.09. The van der Waals surface area contributed by atoms with E-state index in [0.29, 0.717) is 24.6 Å². The number of nitrogens with two attached hydrogens (primary N) is 1. The third-order valence-electron chi connectivity index (χ3n) is 5.67. The maximum absolute atomic E-state index is 13.0. The molecule has 1 amide bonds. The first-order valence-electron chi connectivity index (χ1n) is 10.4. The van der Waals surface area contributed by atoms with Crippen molar-refractivity contribution in [1.29, 1.82) is 0 Å². The summed E-state index contributed by atoms with van der Waals surface area (Å²) in [4.78, 5) is 23.2. The Kier molecular flexibility index (Phi) is 14.8. The van der Waals surface area contributed by atoms with Crippen molar-refractivity contribution < 1.29 is 4.79 Å². The molecule has 3 aromatic rings. The Morgan fingerprint density at radius 1 is 0.941 bits per heavy atom. The van der Waals surface area contributed by atoms with Crippen LogP contribution in [-0.4, -0.2) is 33.9 Å². The van der Waals surface area contributed by atoms with Gasteiger partial charge in [0.15, 0.2) is 0 Å². The molecule has 0 saturated carbocycles. The molecule has 0 unspecified atom stereocenters. The van der Waals surface area contributed by atoms with Gasteiger partial charge in [0.2, 0.25) is 0 Å². The summed E-state index contributed by atoms with van der Waals surface area (Å²) in [6.45, 7) is 2.73. The van der Waals surface area contributed by atoms with Crippen LogP contribution >= 0.6 is 49.6 Å². The van der Waals surface area contributed by atoms with Gasteiger partial charge in [0.25, 0.3) is 5.91 Å². The van der Waals surface area contributed by atoms with Crippen LogP contribution in [0.1, 0.15) is 45.8 Å². The topological polar surface area (TPSA) is 84.1 Å². The van der Waals surface area contributed by atoms with Crippen LogP contribution in [0.5, 0.6) is 0 Å². The van der Waals surface area contributed by atoms with Crippen LogP contribution < -0.4 is 11.1 Å². The molecule has 1 aromatic carbocycles. The molecule has 2 aromatic heterocycles. The van der Waals surface area contributed by atoms with E-state index in [0.717, 1.165) is 42.7 Å². The zero-order chi connectivity index (χ0) is 20.8. The number of amides is 1. The molecule has 3 heterocycles. The van der Waals surface area contributed by atoms with Gasteiger partial charge < -0.3 is 16.0 Å². The quantitative estimate of drug-likeness (QED) is 0.441. The van der Waals surface area contributed by atoms with Gasteiger partial charge >= 0.3 is 0 Å². The normalized spacial score (nSPS) is 12.8. The highest BCUT2D eigenvalue weighted by Crippen LogP contribution is 2.29. The molecule has 0 bridgehead atoms. The van der Waals surface area contributed by atoms with E-state index in [1.54, 1.807) is 24.8 Å². The predicted octanol–water partition coefficient (Wildman–Crippen LogP) is 5.25. The molecule has 0 spiro atoms. The lowest BCUT2D eigenvalue weighted by molar-refractivity contribution is 0.0712. The molecule has 1 aliphatic heterocycles. The van der Waals surface area contributed by atoms with Crippen molar-refractivity contribution in [3.63, 3.8) is 0 Å². The minimum atomic E-state index is 0. The Labute approximate surface area is 225 Å². The fourth-order valence-corrected chi connectivity index (χ4v) is 3.93. The van der Waals surface area contributed by atoms with Gasteiger partial charge in [-0.25, -0.2) is 0 Å². The van der Waals surface area contributed by atoms with Crippen molar-refractivity contribution in [3.05, 3.63) is 89.5 Å². The van der Waals surface area contributed by atoms with Gasteiger partial charge in [-0.2, -0.15) is 0 Å². The highest BCUT2D eigenvalue weighted by Gasteiger charge is 2.25. The molecule has 0 radical (unpaired) electrons. The van der Waals surface area contributed by atoms with E-state index in [-0.39, 0.29) is 55.5 Å². The van der Waals surface area contributed by atoms with Gasteiger partial charge in [0.1, 0.15) is 0 Å². The lowest BCUT2D eigenvalue weighted by Gasteiger charge is -2.32. The fraction of sp³-hybridized carbons (Fsp3) is 0.292. The van der Waals surface area contributed by atoms with Crippen LogP contribution in [0.4, 0.5) is 5.69 Å². The van der Waals surface area contributed by atoms with Gasteiger partial charge in [-0.05, 0) is 53.6 Å². The third kappa shape index (κ3) is 8.29. The molecule has 3 N–H and O–H groups in total. The number of carbonyl (C=O) groups is 1. The molecule has 6 nitrogen and oxygen atoms in total. The second-order valence-electron chi connectivity index (χ2n) is 7.69. The number of rotatable bonds is 6. The average molecular weight is 547 g/mol. The van der Waals surface area contributed by atoms with Crippen molar-refractivity contribution >= 4 is 61.2 Å². The Morgan fingerprint density at radius 3 is 2.32 bits per heavy atom. The maximum atomic E-state index is 13.0.